The molecule has 298 valence electrons. The van der Waals surface area contributed by atoms with Gasteiger partial charge in [0.05, 0.1) is 22.1 Å². The Bertz CT molecular complexity index is 3600. The fourth-order valence-corrected chi connectivity index (χ4v) is 10.4. The van der Waals surface area contributed by atoms with E-state index >= 15 is 0 Å². The molecule has 0 unspecified atom stereocenters. The summed E-state index contributed by atoms with van der Waals surface area (Å²) in [7, 11) is 0. The zero-order valence-electron chi connectivity index (χ0n) is 35.3. The van der Waals surface area contributed by atoms with Gasteiger partial charge in [0, 0.05) is 33.2 Å². The molecule has 4 nitrogen and oxygen atoms in total. The number of benzene rings is 9. The van der Waals surface area contributed by atoms with Gasteiger partial charge in [-0.15, -0.1) is 0 Å². The Kier molecular flexibility index (Phi) is 7.63. The summed E-state index contributed by atoms with van der Waals surface area (Å²) < 4.78 is 16.2. The highest BCUT2D eigenvalue weighted by Crippen LogP contribution is 2.47. The van der Waals surface area contributed by atoms with Crippen molar-refractivity contribution in [3.05, 3.63) is 200 Å². The van der Waals surface area contributed by atoms with E-state index in [9.17, 15) is 0 Å². The first kappa shape index (κ1) is 35.9. The van der Waals surface area contributed by atoms with Crippen molar-refractivity contribution < 1.29 is 9.15 Å². The van der Waals surface area contributed by atoms with Crippen LogP contribution in [0, 0.1) is 0 Å². The van der Waals surface area contributed by atoms with Crippen LogP contribution in [-0.2, 0) is 5.41 Å². The SMILES string of the molecule is CC(C)(C)c1ccc(-c2cc3c4c(c2)N(c2cccc5oc6ccccc6c25)c2ccc(-c5ccccc5)cc2B4c2cc(-n4c5ccccc5c5ccccc54)ccc2O3)cc1. The number of hydrogen-bond acceptors (Lipinski definition) is 3. The van der Waals surface area contributed by atoms with Crippen LogP contribution in [0.15, 0.2) is 199 Å². The molecule has 4 heterocycles. The molecule has 13 rings (SSSR count). The molecule has 5 heteroatoms. The number of rotatable bonds is 4. The molecule has 0 atom stereocenters. The van der Waals surface area contributed by atoms with E-state index in [1.807, 2.05) is 6.07 Å². The fraction of sp³-hybridized carbons (Fsp3) is 0.0690. The maximum Gasteiger partial charge on any atom is 0.256 e. The van der Waals surface area contributed by atoms with Crippen LogP contribution in [0.3, 0.4) is 0 Å². The van der Waals surface area contributed by atoms with Gasteiger partial charge in [-0.1, -0.05) is 148 Å². The standard InChI is InChI=1S/C58H41BN2O2/c1-58(2,3)40-27-24-37(25-28-40)39-33-51-57-55(34-39)63-53-31-29-41(60-47-19-10-7-16-42(47)43-17-8-11-20-48(43)60)35-46(53)59(57)45-32-38(36-14-5-4-6-15-36)26-30-49(45)61(51)50-21-13-23-54-56(50)44-18-9-12-22-52(44)62-54/h4-35H,1-3H3. The number of ether oxygens (including phenoxy) is 1. The molecule has 2 aromatic heterocycles. The van der Waals surface area contributed by atoms with Crippen molar-refractivity contribution in [2.75, 3.05) is 4.90 Å². The molecule has 0 amide bonds. The van der Waals surface area contributed by atoms with Crippen LogP contribution in [0.1, 0.15) is 26.3 Å². The van der Waals surface area contributed by atoms with Gasteiger partial charge in [0.15, 0.2) is 0 Å². The first-order valence-corrected chi connectivity index (χ1v) is 21.9. The van der Waals surface area contributed by atoms with E-state index < -0.39 is 0 Å². The molecule has 0 radical (unpaired) electrons. The second-order valence-corrected chi connectivity index (χ2v) is 18.1. The molecule has 0 saturated carbocycles. The topological polar surface area (TPSA) is 30.5 Å². The van der Waals surface area contributed by atoms with Crippen molar-refractivity contribution in [1.82, 2.24) is 4.57 Å². The molecular formula is C58H41BN2O2. The van der Waals surface area contributed by atoms with Gasteiger partial charge < -0.3 is 18.6 Å². The number of anilines is 3. The van der Waals surface area contributed by atoms with Crippen molar-refractivity contribution in [1.29, 1.82) is 0 Å². The van der Waals surface area contributed by atoms with Crippen LogP contribution in [-0.4, -0.2) is 11.3 Å². The number of aromatic nitrogens is 1. The summed E-state index contributed by atoms with van der Waals surface area (Å²) in [5.74, 6) is 1.74. The molecule has 2 aliphatic rings. The third-order valence-electron chi connectivity index (χ3n) is 13.4. The number of hydrogen-bond donors (Lipinski definition) is 0. The highest BCUT2D eigenvalue weighted by Gasteiger charge is 2.43. The minimum Gasteiger partial charge on any atom is -0.458 e. The van der Waals surface area contributed by atoms with E-state index in [0.717, 1.165) is 78.2 Å². The third kappa shape index (κ3) is 5.42. The molecule has 0 spiro atoms. The lowest BCUT2D eigenvalue weighted by Gasteiger charge is -2.41. The first-order valence-electron chi connectivity index (χ1n) is 21.9. The zero-order valence-corrected chi connectivity index (χ0v) is 35.3. The van der Waals surface area contributed by atoms with Crippen LogP contribution < -0.4 is 26.0 Å². The first-order chi connectivity index (χ1) is 30.9. The minimum atomic E-state index is -0.126. The lowest BCUT2D eigenvalue weighted by molar-refractivity contribution is 0.487. The summed E-state index contributed by atoms with van der Waals surface area (Å²) in [5.41, 5.74) is 18.0. The minimum absolute atomic E-state index is 0.0453. The van der Waals surface area contributed by atoms with Gasteiger partial charge in [0.2, 0.25) is 0 Å². The van der Waals surface area contributed by atoms with Gasteiger partial charge in [-0.3, -0.25) is 0 Å². The average Bonchev–Trinajstić information content (AvgIpc) is 3.87. The molecule has 2 aliphatic heterocycles. The molecule has 0 fully saturated rings. The largest absolute Gasteiger partial charge is 0.458 e. The molecule has 11 aromatic rings. The number of furan rings is 1. The Morgan fingerprint density at radius 1 is 0.444 bits per heavy atom. The summed E-state index contributed by atoms with van der Waals surface area (Å²) >= 11 is 0. The van der Waals surface area contributed by atoms with Gasteiger partial charge in [-0.25, -0.2) is 0 Å². The lowest BCUT2D eigenvalue weighted by atomic mass is 9.34. The number of nitrogens with zero attached hydrogens (tertiary/aromatic N) is 2. The van der Waals surface area contributed by atoms with Crippen LogP contribution >= 0.6 is 0 Å². The molecule has 0 aliphatic carbocycles. The summed E-state index contributed by atoms with van der Waals surface area (Å²) in [6.45, 7) is 6.67. The molecule has 63 heavy (non-hydrogen) atoms. The van der Waals surface area contributed by atoms with E-state index in [1.165, 1.54) is 44.0 Å². The maximum absolute atomic E-state index is 7.21. The van der Waals surface area contributed by atoms with E-state index in [-0.39, 0.29) is 12.1 Å². The Morgan fingerprint density at radius 2 is 1.11 bits per heavy atom. The summed E-state index contributed by atoms with van der Waals surface area (Å²) in [5, 5.41) is 4.66. The monoisotopic (exact) mass is 808 g/mol. The van der Waals surface area contributed by atoms with E-state index in [0.29, 0.717) is 0 Å². The van der Waals surface area contributed by atoms with Gasteiger partial charge in [0.1, 0.15) is 22.7 Å². The van der Waals surface area contributed by atoms with Crippen molar-refractivity contribution in [2.45, 2.75) is 26.2 Å². The van der Waals surface area contributed by atoms with E-state index in [1.54, 1.807) is 0 Å². The second kappa shape index (κ2) is 13.4. The third-order valence-corrected chi connectivity index (χ3v) is 13.4. The van der Waals surface area contributed by atoms with E-state index in [4.69, 9.17) is 9.15 Å². The second-order valence-electron chi connectivity index (χ2n) is 18.1. The predicted octanol–water partition coefficient (Wildman–Crippen LogP) is 13.7. The smallest absolute Gasteiger partial charge is 0.256 e. The Hall–Kier alpha value is -7.76. The lowest BCUT2D eigenvalue weighted by Crippen LogP contribution is -2.59. The van der Waals surface area contributed by atoms with Gasteiger partial charge in [0.25, 0.3) is 6.71 Å². The highest BCUT2D eigenvalue weighted by molar-refractivity contribution is 6.99. The van der Waals surface area contributed by atoms with E-state index in [2.05, 4.69) is 218 Å². The van der Waals surface area contributed by atoms with Gasteiger partial charge in [-0.05, 0) is 116 Å². The summed E-state index contributed by atoms with van der Waals surface area (Å²) in [6.07, 6.45) is 0. The van der Waals surface area contributed by atoms with Gasteiger partial charge in [-0.2, -0.15) is 0 Å². The van der Waals surface area contributed by atoms with Gasteiger partial charge >= 0.3 is 0 Å². The van der Waals surface area contributed by atoms with Crippen molar-refractivity contribution in [3.8, 4) is 39.4 Å². The van der Waals surface area contributed by atoms with Crippen LogP contribution in [0.25, 0.3) is 71.7 Å². The molecular weight excluding hydrogens is 767 g/mol. The zero-order chi connectivity index (χ0) is 42.0. The molecule has 0 N–H and O–H groups in total. The molecule has 0 saturated heterocycles. The van der Waals surface area contributed by atoms with Crippen LogP contribution in [0.5, 0.6) is 11.5 Å². The predicted molar refractivity (Wildman–Crippen MR) is 263 cm³/mol. The van der Waals surface area contributed by atoms with Crippen molar-refractivity contribution in [3.63, 3.8) is 0 Å². The van der Waals surface area contributed by atoms with Crippen molar-refractivity contribution in [2.24, 2.45) is 0 Å². The Labute approximate surface area is 366 Å². The van der Waals surface area contributed by atoms with Crippen LogP contribution in [0.4, 0.5) is 17.1 Å². The highest BCUT2D eigenvalue weighted by atomic mass is 16.5. The van der Waals surface area contributed by atoms with Crippen molar-refractivity contribution >= 4 is 83.9 Å². The number of fused-ring (bicyclic) bond motifs is 10. The maximum atomic E-state index is 7.21. The summed E-state index contributed by atoms with van der Waals surface area (Å²) in [6, 6.07) is 70.6. The molecule has 9 aromatic carbocycles. The molecule has 0 bridgehead atoms. The normalized spacial score (nSPS) is 13.1. The summed E-state index contributed by atoms with van der Waals surface area (Å²) in [4.78, 5) is 2.47. The average molecular weight is 809 g/mol. The Balaban J connectivity index is 1.11. The fourth-order valence-electron chi connectivity index (χ4n) is 10.4. The van der Waals surface area contributed by atoms with Crippen LogP contribution in [0.2, 0.25) is 0 Å². The quantitative estimate of drug-likeness (QED) is 0.166. The Morgan fingerprint density at radius 3 is 1.87 bits per heavy atom. The number of para-hydroxylation sites is 3.